The Morgan fingerprint density at radius 3 is 2.56 bits per heavy atom. The van der Waals surface area contributed by atoms with Crippen LogP contribution in [-0.2, 0) is 6.18 Å². The fourth-order valence-electron chi connectivity index (χ4n) is 1.74. The average molecular weight is 258 g/mol. The number of rotatable bonds is 2. The van der Waals surface area contributed by atoms with Crippen molar-refractivity contribution in [3.05, 3.63) is 29.5 Å². The number of nitrogens with two attached hydrogens (primary N) is 1. The summed E-state index contributed by atoms with van der Waals surface area (Å²) in [7, 11) is 1.33. The van der Waals surface area contributed by atoms with Crippen molar-refractivity contribution in [3.63, 3.8) is 0 Å². The average Bonchev–Trinajstić information content (AvgIpc) is 2.70. The van der Waals surface area contributed by atoms with Crippen LogP contribution in [0.1, 0.15) is 16.1 Å². The van der Waals surface area contributed by atoms with Crippen LogP contribution in [-0.4, -0.2) is 18.0 Å². The van der Waals surface area contributed by atoms with Crippen LogP contribution in [0.3, 0.4) is 0 Å². The van der Waals surface area contributed by atoms with Gasteiger partial charge in [-0.1, -0.05) is 0 Å². The summed E-state index contributed by atoms with van der Waals surface area (Å²) < 4.78 is 43.3. The van der Waals surface area contributed by atoms with Crippen LogP contribution < -0.4 is 10.5 Å². The molecular weight excluding hydrogens is 249 g/mol. The minimum atomic E-state index is -4.52. The molecule has 0 atom stereocenters. The van der Waals surface area contributed by atoms with Gasteiger partial charge in [-0.05, 0) is 18.2 Å². The first kappa shape index (κ1) is 12.3. The third-order valence-corrected chi connectivity index (χ3v) is 2.54. The van der Waals surface area contributed by atoms with Gasteiger partial charge < -0.3 is 15.5 Å². The summed E-state index contributed by atoms with van der Waals surface area (Å²) in [5.74, 6) is -0.594. The van der Waals surface area contributed by atoms with E-state index in [1.54, 1.807) is 0 Å². The van der Waals surface area contributed by atoms with Gasteiger partial charge in [0, 0.05) is 5.39 Å². The highest BCUT2D eigenvalue weighted by molar-refractivity contribution is 6.00. The Kier molecular flexibility index (Phi) is 2.68. The zero-order valence-electron chi connectivity index (χ0n) is 9.26. The summed E-state index contributed by atoms with van der Waals surface area (Å²) in [6, 6.07) is 3.33. The Balaban J connectivity index is 2.80. The number of fused-ring (bicyclic) bond motifs is 1. The van der Waals surface area contributed by atoms with Gasteiger partial charge in [0.2, 0.25) is 0 Å². The standard InChI is InChI=1S/C11H9F3N2O2/c1-18-8-3-2-6(11(12,13)14)9-5(8)4-7(16-9)10(15)17/h2-4,16H,1H3,(H2,15,17). The summed E-state index contributed by atoms with van der Waals surface area (Å²) in [6.45, 7) is 0. The molecule has 2 rings (SSSR count). The number of halogens is 3. The number of primary amides is 1. The lowest BCUT2D eigenvalue weighted by molar-refractivity contribution is -0.136. The first-order valence-corrected chi connectivity index (χ1v) is 4.91. The van der Waals surface area contributed by atoms with Crippen LogP contribution in [0.2, 0.25) is 0 Å². The zero-order chi connectivity index (χ0) is 13.5. The molecule has 0 saturated heterocycles. The number of aromatic nitrogens is 1. The largest absolute Gasteiger partial charge is 0.496 e. The molecule has 0 aliphatic rings. The molecule has 0 saturated carbocycles. The van der Waals surface area contributed by atoms with Crippen LogP contribution in [0.5, 0.6) is 5.75 Å². The Morgan fingerprint density at radius 1 is 1.39 bits per heavy atom. The number of methoxy groups -OCH3 is 1. The molecule has 0 aliphatic carbocycles. The molecule has 7 heteroatoms. The van der Waals surface area contributed by atoms with Gasteiger partial charge in [-0.25, -0.2) is 0 Å². The maximum atomic E-state index is 12.8. The van der Waals surface area contributed by atoms with Gasteiger partial charge in [-0.3, -0.25) is 4.79 Å². The van der Waals surface area contributed by atoms with Gasteiger partial charge in [0.1, 0.15) is 11.4 Å². The van der Waals surface area contributed by atoms with E-state index in [2.05, 4.69) is 4.98 Å². The molecule has 0 aliphatic heterocycles. The van der Waals surface area contributed by atoms with Crippen LogP contribution in [0.25, 0.3) is 10.9 Å². The fraction of sp³-hybridized carbons (Fsp3) is 0.182. The number of carbonyl (C=O) groups is 1. The van der Waals surface area contributed by atoms with Crippen molar-refractivity contribution in [2.45, 2.75) is 6.18 Å². The van der Waals surface area contributed by atoms with Crippen LogP contribution >= 0.6 is 0 Å². The Morgan fingerprint density at radius 2 is 2.06 bits per heavy atom. The predicted molar refractivity (Wildman–Crippen MR) is 58.4 cm³/mol. The lowest BCUT2D eigenvalue weighted by Gasteiger charge is -2.09. The summed E-state index contributed by atoms with van der Waals surface area (Å²) in [5, 5.41) is 0.168. The van der Waals surface area contributed by atoms with Crippen molar-refractivity contribution >= 4 is 16.8 Å². The van der Waals surface area contributed by atoms with Crippen molar-refractivity contribution in [2.24, 2.45) is 5.73 Å². The fourth-order valence-corrected chi connectivity index (χ4v) is 1.74. The van der Waals surface area contributed by atoms with E-state index in [-0.39, 0.29) is 22.3 Å². The molecule has 18 heavy (non-hydrogen) atoms. The number of aromatic amines is 1. The number of carbonyl (C=O) groups excluding carboxylic acids is 1. The summed E-state index contributed by atoms with van der Waals surface area (Å²) in [5.41, 5.74) is 3.86. The maximum Gasteiger partial charge on any atom is 0.418 e. The number of benzene rings is 1. The molecule has 2 aromatic rings. The molecule has 96 valence electrons. The topological polar surface area (TPSA) is 68.1 Å². The lowest BCUT2D eigenvalue weighted by Crippen LogP contribution is -2.11. The minimum Gasteiger partial charge on any atom is -0.496 e. The highest BCUT2D eigenvalue weighted by Crippen LogP contribution is 2.38. The second-order valence-corrected chi connectivity index (χ2v) is 3.65. The summed E-state index contributed by atoms with van der Waals surface area (Å²) in [4.78, 5) is 13.4. The van der Waals surface area contributed by atoms with E-state index in [1.165, 1.54) is 19.2 Å². The van der Waals surface area contributed by atoms with Gasteiger partial charge in [-0.2, -0.15) is 13.2 Å². The second-order valence-electron chi connectivity index (χ2n) is 3.65. The van der Waals surface area contributed by atoms with Gasteiger partial charge in [0.05, 0.1) is 18.2 Å². The molecule has 3 N–H and O–H groups in total. The first-order valence-electron chi connectivity index (χ1n) is 4.91. The van der Waals surface area contributed by atoms with E-state index in [1.807, 2.05) is 0 Å². The molecule has 1 amide bonds. The van der Waals surface area contributed by atoms with E-state index in [0.717, 1.165) is 6.07 Å². The molecule has 4 nitrogen and oxygen atoms in total. The number of ether oxygens (including phenoxy) is 1. The molecule has 1 heterocycles. The number of hydrogen-bond acceptors (Lipinski definition) is 2. The number of alkyl halides is 3. The third kappa shape index (κ3) is 1.87. The molecule has 0 spiro atoms. The first-order chi connectivity index (χ1) is 8.34. The highest BCUT2D eigenvalue weighted by Gasteiger charge is 2.34. The van der Waals surface area contributed by atoms with Crippen molar-refractivity contribution in [3.8, 4) is 5.75 Å². The Hall–Kier alpha value is -2.18. The van der Waals surface area contributed by atoms with Crippen molar-refractivity contribution in [2.75, 3.05) is 7.11 Å². The molecule has 0 radical (unpaired) electrons. The number of nitrogens with one attached hydrogen (secondary N) is 1. The van der Waals surface area contributed by atoms with Crippen molar-refractivity contribution < 1.29 is 22.7 Å². The van der Waals surface area contributed by atoms with Gasteiger partial charge in [-0.15, -0.1) is 0 Å². The third-order valence-electron chi connectivity index (χ3n) is 2.54. The van der Waals surface area contributed by atoms with Gasteiger partial charge in [0.15, 0.2) is 0 Å². The van der Waals surface area contributed by atoms with Crippen molar-refractivity contribution in [1.29, 1.82) is 0 Å². The quantitative estimate of drug-likeness (QED) is 0.867. The smallest absolute Gasteiger partial charge is 0.418 e. The second kappa shape index (κ2) is 3.94. The summed E-state index contributed by atoms with van der Waals surface area (Å²) >= 11 is 0. The van der Waals surface area contributed by atoms with Crippen LogP contribution in [0.15, 0.2) is 18.2 Å². The van der Waals surface area contributed by atoms with E-state index in [4.69, 9.17) is 10.5 Å². The molecule has 1 aromatic carbocycles. The van der Waals surface area contributed by atoms with E-state index < -0.39 is 17.6 Å². The molecule has 0 bridgehead atoms. The highest BCUT2D eigenvalue weighted by atomic mass is 19.4. The molecule has 0 fully saturated rings. The maximum absolute atomic E-state index is 12.8. The Bertz CT molecular complexity index is 617. The molecule has 1 aromatic heterocycles. The number of hydrogen-bond donors (Lipinski definition) is 2. The number of amides is 1. The molecule has 0 unspecified atom stereocenters. The Labute approximate surface area is 99.5 Å². The summed E-state index contributed by atoms with van der Waals surface area (Å²) in [6.07, 6.45) is -4.52. The van der Waals surface area contributed by atoms with E-state index >= 15 is 0 Å². The lowest BCUT2D eigenvalue weighted by atomic mass is 10.1. The van der Waals surface area contributed by atoms with E-state index in [9.17, 15) is 18.0 Å². The minimum absolute atomic E-state index is 0.0972. The SMILES string of the molecule is COc1ccc(C(F)(F)F)c2[nH]c(C(N)=O)cc12. The van der Waals surface area contributed by atoms with E-state index in [0.29, 0.717) is 0 Å². The monoisotopic (exact) mass is 258 g/mol. The van der Waals surface area contributed by atoms with Crippen molar-refractivity contribution in [1.82, 2.24) is 4.98 Å². The molecular formula is C11H9F3N2O2. The normalized spacial score (nSPS) is 11.8. The predicted octanol–water partition coefficient (Wildman–Crippen LogP) is 2.29. The zero-order valence-corrected chi connectivity index (χ0v) is 9.26. The van der Waals surface area contributed by atoms with Crippen LogP contribution in [0.4, 0.5) is 13.2 Å². The number of H-pyrrole nitrogens is 1. The van der Waals surface area contributed by atoms with Gasteiger partial charge in [0.25, 0.3) is 5.91 Å². The van der Waals surface area contributed by atoms with Gasteiger partial charge >= 0.3 is 6.18 Å². The van der Waals surface area contributed by atoms with Crippen LogP contribution in [0, 0.1) is 0 Å².